The molecule has 0 spiro atoms. The number of fused-ring (bicyclic) bond motifs is 6. The number of rotatable bonds is 6. The Bertz CT molecular complexity index is 2890. The summed E-state index contributed by atoms with van der Waals surface area (Å²) in [4.78, 5) is 7.39. The van der Waals surface area contributed by atoms with Crippen LogP contribution in [0.3, 0.4) is 0 Å². The zero-order valence-electron chi connectivity index (χ0n) is 28.3. The van der Waals surface area contributed by atoms with Crippen molar-refractivity contribution in [3.8, 4) is 33.7 Å². The zero-order chi connectivity index (χ0) is 34.4. The molecule has 244 valence electrons. The lowest BCUT2D eigenvalue weighted by Gasteiger charge is -2.29. The molecule has 1 aromatic heterocycles. The normalized spacial score (nSPS) is 11.5. The fourth-order valence-electron chi connectivity index (χ4n) is 7.65. The van der Waals surface area contributed by atoms with Crippen LogP contribution in [0.1, 0.15) is 0 Å². The number of para-hydroxylation sites is 1. The van der Waals surface area contributed by atoms with Gasteiger partial charge in [-0.15, -0.1) is 0 Å². The summed E-state index contributed by atoms with van der Waals surface area (Å²) in [5.74, 6) is 0.619. The molecular weight excluding hydrogens is 633 g/mol. The second-order valence-electron chi connectivity index (χ2n) is 13.1. The highest BCUT2D eigenvalue weighted by Gasteiger charge is 2.22. The minimum absolute atomic E-state index is 0.619. The number of benzene rings is 9. The fraction of sp³-hybridized carbons (Fsp3) is 0. The van der Waals surface area contributed by atoms with E-state index in [0.29, 0.717) is 5.89 Å². The first-order valence-electron chi connectivity index (χ1n) is 17.6. The van der Waals surface area contributed by atoms with Gasteiger partial charge in [-0.2, -0.15) is 0 Å². The molecular formula is C49H32N2O. The average Bonchev–Trinajstić information content (AvgIpc) is 3.67. The van der Waals surface area contributed by atoms with Gasteiger partial charge in [0.05, 0.1) is 11.4 Å². The third-order valence-corrected chi connectivity index (χ3v) is 10.1. The smallest absolute Gasteiger partial charge is 0.227 e. The van der Waals surface area contributed by atoms with Gasteiger partial charge < -0.3 is 9.32 Å². The van der Waals surface area contributed by atoms with E-state index < -0.39 is 0 Å². The predicted octanol–water partition coefficient (Wildman–Crippen LogP) is 13.8. The van der Waals surface area contributed by atoms with E-state index in [0.717, 1.165) is 66.4 Å². The van der Waals surface area contributed by atoms with Gasteiger partial charge in [0, 0.05) is 27.6 Å². The summed E-state index contributed by atoms with van der Waals surface area (Å²) in [5, 5.41) is 6.79. The van der Waals surface area contributed by atoms with Gasteiger partial charge in [0.2, 0.25) is 5.89 Å². The molecule has 0 saturated carbocycles. The number of oxazole rings is 1. The van der Waals surface area contributed by atoms with Gasteiger partial charge in [0.25, 0.3) is 0 Å². The van der Waals surface area contributed by atoms with Crippen molar-refractivity contribution in [2.24, 2.45) is 0 Å². The minimum atomic E-state index is 0.619. The summed E-state index contributed by atoms with van der Waals surface area (Å²) < 4.78 is 6.70. The third kappa shape index (κ3) is 5.02. The first-order chi connectivity index (χ1) is 25.8. The first kappa shape index (κ1) is 29.9. The minimum Gasteiger partial charge on any atom is -0.435 e. The third-order valence-electron chi connectivity index (χ3n) is 10.1. The van der Waals surface area contributed by atoms with Crippen molar-refractivity contribution in [3.63, 3.8) is 0 Å². The largest absolute Gasteiger partial charge is 0.435 e. The van der Waals surface area contributed by atoms with E-state index in [-0.39, 0.29) is 0 Å². The van der Waals surface area contributed by atoms with E-state index in [9.17, 15) is 0 Å². The molecule has 0 unspecified atom stereocenters. The summed E-state index contributed by atoms with van der Waals surface area (Å²) >= 11 is 0. The molecule has 10 aromatic rings. The van der Waals surface area contributed by atoms with Crippen molar-refractivity contribution in [3.05, 3.63) is 194 Å². The molecule has 3 heteroatoms. The van der Waals surface area contributed by atoms with Crippen molar-refractivity contribution in [2.75, 3.05) is 4.90 Å². The number of hydrogen-bond donors (Lipinski definition) is 0. The first-order valence-corrected chi connectivity index (χ1v) is 17.6. The van der Waals surface area contributed by atoms with Crippen molar-refractivity contribution >= 4 is 60.5 Å². The van der Waals surface area contributed by atoms with E-state index in [1.165, 1.54) is 21.9 Å². The summed E-state index contributed by atoms with van der Waals surface area (Å²) in [6, 6.07) is 68.8. The summed E-state index contributed by atoms with van der Waals surface area (Å²) in [6.45, 7) is 0. The number of nitrogens with zero attached hydrogens (tertiary/aromatic N) is 2. The lowest BCUT2D eigenvalue weighted by molar-refractivity contribution is 0.623. The van der Waals surface area contributed by atoms with Crippen molar-refractivity contribution in [2.45, 2.75) is 0 Å². The Morgan fingerprint density at radius 3 is 1.83 bits per heavy atom. The maximum Gasteiger partial charge on any atom is 0.227 e. The van der Waals surface area contributed by atoms with Crippen LogP contribution in [-0.4, -0.2) is 4.98 Å². The Kier molecular flexibility index (Phi) is 7.14. The van der Waals surface area contributed by atoms with E-state index >= 15 is 0 Å². The van der Waals surface area contributed by atoms with E-state index in [2.05, 4.69) is 169 Å². The van der Waals surface area contributed by atoms with Crippen LogP contribution in [0.4, 0.5) is 17.1 Å². The summed E-state index contributed by atoms with van der Waals surface area (Å²) in [6.07, 6.45) is 0. The van der Waals surface area contributed by atoms with Crippen LogP contribution < -0.4 is 4.90 Å². The maximum absolute atomic E-state index is 6.70. The Morgan fingerprint density at radius 1 is 0.404 bits per heavy atom. The van der Waals surface area contributed by atoms with Crippen LogP contribution in [0.15, 0.2) is 199 Å². The lowest BCUT2D eigenvalue weighted by atomic mass is 9.92. The molecule has 1 heterocycles. The van der Waals surface area contributed by atoms with Gasteiger partial charge in [-0.05, 0) is 86.8 Å². The topological polar surface area (TPSA) is 29.3 Å². The van der Waals surface area contributed by atoms with E-state index in [1.54, 1.807) is 0 Å². The molecule has 0 N–H and O–H groups in total. The molecule has 3 nitrogen and oxygen atoms in total. The number of anilines is 3. The lowest BCUT2D eigenvalue weighted by Crippen LogP contribution is -2.11. The fourth-order valence-corrected chi connectivity index (χ4v) is 7.65. The van der Waals surface area contributed by atoms with Gasteiger partial charge in [-0.3, -0.25) is 0 Å². The molecule has 0 aliphatic rings. The second-order valence-corrected chi connectivity index (χ2v) is 13.1. The molecule has 0 amide bonds. The maximum atomic E-state index is 6.70. The quantitative estimate of drug-likeness (QED) is 0.166. The molecule has 0 fully saturated rings. The van der Waals surface area contributed by atoms with Gasteiger partial charge in [0.15, 0.2) is 5.58 Å². The zero-order valence-corrected chi connectivity index (χ0v) is 28.3. The highest BCUT2D eigenvalue weighted by atomic mass is 16.3. The van der Waals surface area contributed by atoms with Crippen LogP contribution in [-0.2, 0) is 0 Å². The Balaban J connectivity index is 1.30. The predicted molar refractivity (Wildman–Crippen MR) is 218 cm³/mol. The van der Waals surface area contributed by atoms with Crippen LogP contribution >= 0.6 is 0 Å². The van der Waals surface area contributed by atoms with Crippen molar-refractivity contribution < 1.29 is 4.42 Å². The molecule has 0 atom stereocenters. The molecule has 10 rings (SSSR count). The molecule has 0 aliphatic heterocycles. The highest BCUT2D eigenvalue weighted by Crippen LogP contribution is 2.46. The molecule has 0 aliphatic carbocycles. The Labute approximate surface area is 301 Å². The SMILES string of the molecule is c1ccc(-c2nc3ccc4cc(-c5ccccc5)c5ccc(N(c6ccccc6-c6ccccc6)c6cccc7ccccc67)cc5c4c3o2)cc1. The Hall–Kier alpha value is -6.97. The van der Waals surface area contributed by atoms with Crippen LogP contribution in [0.2, 0.25) is 0 Å². The molecule has 52 heavy (non-hydrogen) atoms. The monoisotopic (exact) mass is 664 g/mol. The highest BCUT2D eigenvalue weighted by molar-refractivity contribution is 6.22. The Morgan fingerprint density at radius 2 is 1.04 bits per heavy atom. The van der Waals surface area contributed by atoms with Gasteiger partial charge in [0.1, 0.15) is 5.52 Å². The molecule has 0 radical (unpaired) electrons. The van der Waals surface area contributed by atoms with Gasteiger partial charge in [-0.1, -0.05) is 146 Å². The number of hydrogen-bond acceptors (Lipinski definition) is 3. The summed E-state index contributed by atoms with van der Waals surface area (Å²) in [7, 11) is 0. The average molecular weight is 665 g/mol. The van der Waals surface area contributed by atoms with Crippen LogP contribution in [0.5, 0.6) is 0 Å². The van der Waals surface area contributed by atoms with Gasteiger partial charge in [-0.25, -0.2) is 4.98 Å². The molecule has 9 aromatic carbocycles. The second kappa shape index (κ2) is 12.4. The summed E-state index contributed by atoms with van der Waals surface area (Å²) in [5.41, 5.74) is 10.5. The van der Waals surface area contributed by atoms with E-state index in [4.69, 9.17) is 9.40 Å². The van der Waals surface area contributed by atoms with Crippen LogP contribution in [0, 0.1) is 0 Å². The van der Waals surface area contributed by atoms with Gasteiger partial charge >= 0.3 is 0 Å². The van der Waals surface area contributed by atoms with Crippen molar-refractivity contribution in [1.82, 2.24) is 4.98 Å². The molecule has 0 bridgehead atoms. The molecule has 0 saturated heterocycles. The van der Waals surface area contributed by atoms with Crippen molar-refractivity contribution in [1.29, 1.82) is 0 Å². The van der Waals surface area contributed by atoms with E-state index in [1.807, 2.05) is 30.3 Å². The number of aromatic nitrogens is 1. The standard InChI is InChI=1S/C49H32N2O/c1-4-15-33(16-5-1)39-24-12-13-25-45(39)51(46-26-14-22-34-19-10-11-23-40(34)46)38-28-29-41-42(35-17-6-2-7-18-35)31-37-27-30-44-48(47(37)43(41)32-38)52-49(50-44)36-20-8-3-9-21-36/h1-32H. The van der Waals surface area contributed by atoms with Crippen LogP contribution in [0.25, 0.3) is 77.1 Å².